The number of piperazine rings is 1. The summed E-state index contributed by atoms with van der Waals surface area (Å²) in [5.41, 5.74) is 3.07. The Labute approximate surface area is 163 Å². The first-order chi connectivity index (χ1) is 13.8. The van der Waals surface area contributed by atoms with Crippen LogP contribution in [0.2, 0.25) is 0 Å². The third kappa shape index (κ3) is 3.00. The fraction of sp³-hybridized carbons (Fsp3) is 0.273. The second-order valence-corrected chi connectivity index (χ2v) is 7.20. The number of fused-ring (bicyclic) bond motifs is 2. The topological polar surface area (TPSA) is 56.9 Å². The fourth-order valence-electron chi connectivity index (χ4n) is 4.02. The van der Waals surface area contributed by atoms with E-state index in [-0.39, 0.29) is 6.61 Å². The van der Waals surface area contributed by atoms with Crippen molar-refractivity contribution >= 4 is 22.2 Å². The van der Waals surface area contributed by atoms with Crippen LogP contribution in [-0.2, 0) is 0 Å². The van der Waals surface area contributed by atoms with Gasteiger partial charge in [0.1, 0.15) is 0 Å². The molecule has 1 saturated heterocycles. The lowest BCUT2D eigenvalue weighted by Crippen LogP contribution is -2.47. The van der Waals surface area contributed by atoms with E-state index >= 15 is 0 Å². The highest BCUT2D eigenvalue weighted by molar-refractivity contribution is 5.87. The van der Waals surface area contributed by atoms with E-state index in [9.17, 15) is 0 Å². The van der Waals surface area contributed by atoms with Crippen LogP contribution in [0.15, 0.2) is 61.1 Å². The van der Waals surface area contributed by atoms with Crippen LogP contribution in [0, 0.1) is 0 Å². The molecule has 6 nitrogen and oxygen atoms in total. The maximum absolute atomic E-state index is 9.14. The maximum atomic E-state index is 9.14. The zero-order valence-electron chi connectivity index (χ0n) is 15.7. The van der Waals surface area contributed by atoms with Gasteiger partial charge in [0, 0.05) is 50.7 Å². The van der Waals surface area contributed by atoms with Crippen molar-refractivity contribution < 1.29 is 5.11 Å². The predicted molar refractivity (Wildman–Crippen MR) is 112 cm³/mol. The summed E-state index contributed by atoms with van der Waals surface area (Å²) in [4.78, 5) is 14.0. The van der Waals surface area contributed by atoms with Gasteiger partial charge in [-0.05, 0) is 16.8 Å². The Bertz CT molecular complexity index is 1110. The molecule has 0 unspecified atom stereocenters. The zero-order valence-corrected chi connectivity index (χ0v) is 15.7. The Morgan fingerprint density at radius 2 is 1.75 bits per heavy atom. The minimum absolute atomic E-state index is 0.212. The second kappa shape index (κ2) is 7.22. The number of β-amino-alcohol motifs (C(OH)–C–C–N with tert-alkyl or cyclic N) is 1. The van der Waals surface area contributed by atoms with Crippen molar-refractivity contribution in [3.8, 4) is 11.3 Å². The Balaban J connectivity index is 1.51. The van der Waals surface area contributed by atoms with Crippen LogP contribution in [-0.4, -0.2) is 63.7 Å². The van der Waals surface area contributed by atoms with Crippen LogP contribution in [0.3, 0.4) is 0 Å². The van der Waals surface area contributed by atoms with Crippen LogP contribution >= 0.6 is 0 Å². The standard InChI is InChI=1S/C22H23N5O/c28-14-13-25-9-11-26(12-10-25)21-22-23-7-8-27(22)20(16-24-21)19-6-5-17-3-1-2-4-18(17)15-19/h1-8,15-16,28H,9-14H2. The SMILES string of the molecule is OCCN1CCN(c2ncc(-c3ccc4ccccc4c3)n3ccnc23)CC1. The van der Waals surface area contributed by atoms with Gasteiger partial charge in [-0.25, -0.2) is 9.97 Å². The van der Waals surface area contributed by atoms with Crippen molar-refractivity contribution in [3.63, 3.8) is 0 Å². The molecule has 1 N–H and O–H groups in total. The van der Waals surface area contributed by atoms with Gasteiger partial charge in [0.15, 0.2) is 11.5 Å². The molecule has 1 aliphatic rings. The molecule has 5 rings (SSSR count). The monoisotopic (exact) mass is 373 g/mol. The Morgan fingerprint density at radius 3 is 2.57 bits per heavy atom. The highest BCUT2D eigenvalue weighted by Crippen LogP contribution is 2.28. The number of rotatable bonds is 4. The molecule has 1 fully saturated rings. The summed E-state index contributed by atoms with van der Waals surface area (Å²) >= 11 is 0. The minimum Gasteiger partial charge on any atom is -0.395 e. The largest absolute Gasteiger partial charge is 0.395 e. The highest BCUT2D eigenvalue weighted by atomic mass is 16.3. The summed E-state index contributed by atoms with van der Waals surface area (Å²) in [6.07, 6.45) is 5.80. The molecular formula is C22H23N5O. The molecule has 0 amide bonds. The number of aliphatic hydroxyl groups excluding tert-OH is 1. The molecule has 6 heteroatoms. The first-order valence-corrected chi connectivity index (χ1v) is 9.73. The third-order valence-electron chi connectivity index (χ3n) is 5.54. The molecule has 0 bridgehead atoms. The van der Waals surface area contributed by atoms with E-state index in [1.165, 1.54) is 10.8 Å². The Morgan fingerprint density at radius 1 is 0.929 bits per heavy atom. The van der Waals surface area contributed by atoms with Crippen molar-refractivity contribution in [2.75, 3.05) is 44.2 Å². The van der Waals surface area contributed by atoms with Gasteiger partial charge in [-0.2, -0.15) is 0 Å². The number of benzene rings is 2. The quantitative estimate of drug-likeness (QED) is 0.596. The summed E-state index contributed by atoms with van der Waals surface area (Å²) in [5, 5.41) is 11.6. The molecule has 0 radical (unpaired) electrons. The summed E-state index contributed by atoms with van der Waals surface area (Å²) in [7, 11) is 0. The summed E-state index contributed by atoms with van der Waals surface area (Å²) in [5.74, 6) is 0.929. The van der Waals surface area contributed by atoms with Crippen molar-refractivity contribution in [2.24, 2.45) is 0 Å². The summed E-state index contributed by atoms with van der Waals surface area (Å²) < 4.78 is 2.13. The average molecular weight is 373 g/mol. The highest BCUT2D eigenvalue weighted by Gasteiger charge is 2.21. The van der Waals surface area contributed by atoms with Crippen LogP contribution in [0.5, 0.6) is 0 Å². The lowest BCUT2D eigenvalue weighted by Gasteiger charge is -2.35. The van der Waals surface area contributed by atoms with E-state index in [0.717, 1.165) is 55.4 Å². The molecule has 3 heterocycles. The van der Waals surface area contributed by atoms with Gasteiger partial charge < -0.3 is 10.0 Å². The third-order valence-corrected chi connectivity index (χ3v) is 5.54. The first-order valence-electron chi connectivity index (χ1n) is 9.73. The molecule has 28 heavy (non-hydrogen) atoms. The molecule has 142 valence electrons. The van der Waals surface area contributed by atoms with Crippen molar-refractivity contribution in [1.82, 2.24) is 19.3 Å². The van der Waals surface area contributed by atoms with Crippen LogP contribution in [0.1, 0.15) is 0 Å². The van der Waals surface area contributed by atoms with Gasteiger partial charge in [0.2, 0.25) is 0 Å². The normalized spacial score (nSPS) is 15.5. The van der Waals surface area contributed by atoms with Crippen molar-refractivity contribution in [3.05, 3.63) is 61.1 Å². The van der Waals surface area contributed by atoms with E-state index in [4.69, 9.17) is 10.1 Å². The van der Waals surface area contributed by atoms with Gasteiger partial charge in [0.25, 0.3) is 0 Å². The zero-order chi connectivity index (χ0) is 18.9. The number of hydrogen-bond acceptors (Lipinski definition) is 5. The number of aromatic nitrogens is 3. The van der Waals surface area contributed by atoms with Crippen molar-refractivity contribution in [1.29, 1.82) is 0 Å². The lowest BCUT2D eigenvalue weighted by atomic mass is 10.1. The van der Waals surface area contributed by atoms with Crippen LogP contribution < -0.4 is 4.90 Å². The molecule has 2 aromatic heterocycles. The van der Waals surface area contributed by atoms with Gasteiger partial charge in [-0.1, -0.05) is 36.4 Å². The van der Waals surface area contributed by atoms with Crippen molar-refractivity contribution in [2.45, 2.75) is 0 Å². The van der Waals surface area contributed by atoms with Gasteiger partial charge in [0.05, 0.1) is 18.5 Å². The average Bonchev–Trinajstić information content (AvgIpc) is 3.24. The number of nitrogens with zero attached hydrogens (tertiary/aromatic N) is 5. The van der Waals surface area contributed by atoms with Crippen LogP contribution in [0.25, 0.3) is 27.7 Å². The molecule has 0 aliphatic carbocycles. The molecule has 4 aromatic rings. The number of anilines is 1. The lowest BCUT2D eigenvalue weighted by molar-refractivity contribution is 0.188. The molecular weight excluding hydrogens is 350 g/mol. The van der Waals surface area contributed by atoms with Gasteiger partial charge in [-0.15, -0.1) is 0 Å². The van der Waals surface area contributed by atoms with Gasteiger partial charge >= 0.3 is 0 Å². The molecule has 1 aliphatic heterocycles. The number of imidazole rings is 1. The van der Waals surface area contributed by atoms with E-state index < -0.39 is 0 Å². The van der Waals surface area contributed by atoms with E-state index in [1.807, 2.05) is 18.6 Å². The number of aliphatic hydroxyl groups is 1. The van der Waals surface area contributed by atoms with E-state index in [1.54, 1.807) is 0 Å². The van der Waals surface area contributed by atoms with E-state index in [0.29, 0.717) is 0 Å². The molecule has 0 atom stereocenters. The number of hydrogen-bond donors (Lipinski definition) is 1. The molecule has 0 saturated carbocycles. The molecule has 0 spiro atoms. The molecule has 2 aromatic carbocycles. The Hall–Kier alpha value is -2.96. The summed E-state index contributed by atoms with van der Waals surface area (Å²) in [6.45, 7) is 4.60. The fourth-order valence-corrected chi connectivity index (χ4v) is 4.02. The van der Waals surface area contributed by atoms with Crippen LogP contribution in [0.4, 0.5) is 5.82 Å². The predicted octanol–water partition coefficient (Wildman–Crippen LogP) is 2.66. The maximum Gasteiger partial charge on any atom is 0.180 e. The smallest absolute Gasteiger partial charge is 0.180 e. The minimum atomic E-state index is 0.212. The Kier molecular flexibility index (Phi) is 4.43. The van der Waals surface area contributed by atoms with E-state index in [2.05, 4.69) is 61.6 Å². The summed E-state index contributed by atoms with van der Waals surface area (Å²) in [6, 6.07) is 14.9. The van der Waals surface area contributed by atoms with Gasteiger partial charge in [-0.3, -0.25) is 9.30 Å². The first kappa shape index (κ1) is 17.2. The second-order valence-electron chi connectivity index (χ2n) is 7.20.